The normalized spacial score (nSPS) is 29.1. The summed E-state index contributed by atoms with van der Waals surface area (Å²) < 4.78 is 5.35. The van der Waals surface area contributed by atoms with Gasteiger partial charge >= 0.3 is 0 Å². The van der Waals surface area contributed by atoms with Crippen LogP contribution in [0.15, 0.2) is 42.1 Å². The molecular weight excluding hydrogens is 300 g/mol. The average Bonchev–Trinajstić information content (AvgIpc) is 2.66. The van der Waals surface area contributed by atoms with Gasteiger partial charge in [0, 0.05) is 24.2 Å². The van der Waals surface area contributed by atoms with Crippen LogP contribution in [-0.4, -0.2) is 41.2 Å². The number of rotatable bonds is 3. The van der Waals surface area contributed by atoms with Gasteiger partial charge in [0.2, 0.25) is 0 Å². The highest BCUT2D eigenvalue weighted by molar-refractivity contribution is 5.83. The SMILES string of the molecule is CC=C1CN2CC[C@H]1C[C@H]2[C@H](O)c1ccnc2ccc(OC)cc12. The van der Waals surface area contributed by atoms with Crippen molar-refractivity contribution in [2.24, 2.45) is 5.92 Å². The first-order valence-corrected chi connectivity index (χ1v) is 8.71. The summed E-state index contributed by atoms with van der Waals surface area (Å²) in [7, 11) is 1.66. The number of aromatic nitrogens is 1. The zero-order chi connectivity index (χ0) is 16.7. The van der Waals surface area contributed by atoms with Gasteiger partial charge in [-0.05, 0) is 62.1 Å². The fourth-order valence-corrected chi connectivity index (χ4v) is 4.34. The Labute approximate surface area is 142 Å². The Morgan fingerprint density at radius 3 is 2.96 bits per heavy atom. The van der Waals surface area contributed by atoms with Crippen LogP contribution in [0.25, 0.3) is 10.9 Å². The summed E-state index contributed by atoms with van der Waals surface area (Å²) in [6.45, 7) is 4.20. The summed E-state index contributed by atoms with van der Waals surface area (Å²) in [5.41, 5.74) is 3.39. The molecule has 4 nitrogen and oxygen atoms in total. The summed E-state index contributed by atoms with van der Waals surface area (Å²) >= 11 is 0. The zero-order valence-electron chi connectivity index (χ0n) is 14.3. The molecule has 0 amide bonds. The summed E-state index contributed by atoms with van der Waals surface area (Å²) in [4.78, 5) is 6.87. The quantitative estimate of drug-likeness (QED) is 0.880. The maximum absolute atomic E-state index is 11.2. The molecule has 0 aliphatic carbocycles. The van der Waals surface area contributed by atoms with Crippen molar-refractivity contribution in [3.8, 4) is 5.75 Å². The molecule has 1 aromatic heterocycles. The minimum absolute atomic E-state index is 0.184. The van der Waals surface area contributed by atoms with Crippen molar-refractivity contribution in [1.82, 2.24) is 9.88 Å². The van der Waals surface area contributed by atoms with Gasteiger partial charge in [-0.15, -0.1) is 0 Å². The highest BCUT2D eigenvalue weighted by Gasteiger charge is 2.40. The molecule has 2 bridgehead atoms. The van der Waals surface area contributed by atoms with Gasteiger partial charge in [0.05, 0.1) is 18.7 Å². The Hall–Kier alpha value is -1.91. The number of pyridine rings is 1. The molecule has 3 aliphatic rings. The molecule has 3 saturated heterocycles. The van der Waals surface area contributed by atoms with Crippen molar-refractivity contribution in [2.75, 3.05) is 20.2 Å². The maximum atomic E-state index is 11.2. The first-order valence-electron chi connectivity index (χ1n) is 8.71. The van der Waals surface area contributed by atoms with E-state index in [-0.39, 0.29) is 6.04 Å². The lowest BCUT2D eigenvalue weighted by atomic mass is 9.76. The van der Waals surface area contributed by atoms with Crippen LogP contribution in [0.3, 0.4) is 0 Å². The van der Waals surface area contributed by atoms with Crippen molar-refractivity contribution in [1.29, 1.82) is 0 Å². The van der Waals surface area contributed by atoms with Gasteiger partial charge in [-0.1, -0.05) is 11.6 Å². The minimum Gasteiger partial charge on any atom is -0.497 e. The lowest BCUT2D eigenvalue weighted by molar-refractivity contribution is -0.00340. The van der Waals surface area contributed by atoms with Crippen molar-refractivity contribution in [3.05, 3.63) is 47.7 Å². The number of hydrogen-bond donors (Lipinski definition) is 1. The number of benzene rings is 1. The average molecular weight is 324 g/mol. The second-order valence-corrected chi connectivity index (χ2v) is 6.85. The summed E-state index contributed by atoms with van der Waals surface area (Å²) in [6.07, 6.45) is 5.80. The van der Waals surface area contributed by atoms with Gasteiger partial charge in [-0.2, -0.15) is 0 Å². The summed E-state index contributed by atoms with van der Waals surface area (Å²) in [5.74, 6) is 1.42. The van der Waals surface area contributed by atoms with Gasteiger partial charge in [0.25, 0.3) is 0 Å². The number of hydrogen-bond acceptors (Lipinski definition) is 4. The third kappa shape index (κ3) is 2.50. The van der Waals surface area contributed by atoms with Gasteiger partial charge < -0.3 is 9.84 Å². The van der Waals surface area contributed by atoms with Crippen LogP contribution in [0.4, 0.5) is 0 Å². The van der Waals surface area contributed by atoms with E-state index in [0.29, 0.717) is 5.92 Å². The van der Waals surface area contributed by atoms with Gasteiger partial charge in [-0.25, -0.2) is 0 Å². The maximum Gasteiger partial charge on any atom is 0.119 e. The highest BCUT2D eigenvalue weighted by atomic mass is 16.5. The van der Waals surface area contributed by atoms with Crippen molar-refractivity contribution >= 4 is 10.9 Å². The number of ether oxygens (including phenoxy) is 1. The van der Waals surface area contributed by atoms with Crippen molar-refractivity contribution < 1.29 is 9.84 Å². The Morgan fingerprint density at radius 1 is 1.38 bits per heavy atom. The lowest BCUT2D eigenvalue weighted by Crippen LogP contribution is -2.52. The van der Waals surface area contributed by atoms with Crippen LogP contribution in [0, 0.1) is 5.92 Å². The molecule has 3 fully saturated rings. The standard InChI is InChI=1S/C20H24N2O2/c1-3-13-12-22-9-7-14(13)10-19(22)20(23)16-6-8-21-18-5-4-15(24-2)11-17(16)18/h3-6,8,11,14,19-20,23H,7,9-10,12H2,1-2H3/t14-,19-,20+/m0/s1. The van der Waals surface area contributed by atoms with Gasteiger partial charge in [0.1, 0.15) is 5.75 Å². The molecule has 3 aliphatic heterocycles. The molecule has 4 heterocycles. The van der Waals surface area contributed by atoms with E-state index in [1.54, 1.807) is 13.3 Å². The molecule has 24 heavy (non-hydrogen) atoms. The Kier molecular flexibility index (Phi) is 4.02. The molecule has 1 aromatic carbocycles. The topological polar surface area (TPSA) is 45.6 Å². The molecular formula is C20H24N2O2. The van der Waals surface area contributed by atoms with E-state index in [1.165, 1.54) is 12.0 Å². The Bertz CT molecular complexity index is 786. The fraction of sp³-hybridized carbons (Fsp3) is 0.450. The van der Waals surface area contributed by atoms with Crippen LogP contribution in [-0.2, 0) is 0 Å². The van der Waals surface area contributed by atoms with E-state index in [9.17, 15) is 5.11 Å². The lowest BCUT2D eigenvalue weighted by Gasteiger charge is -2.48. The molecule has 2 aromatic rings. The molecule has 1 unspecified atom stereocenters. The predicted octanol–water partition coefficient (Wildman–Crippen LogP) is 3.32. The van der Waals surface area contributed by atoms with E-state index in [2.05, 4.69) is 22.9 Å². The third-order valence-corrected chi connectivity index (χ3v) is 5.71. The van der Waals surface area contributed by atoms with Crippen LogP contribution < -0.4 is 4.74 Å². The molecule has 0 radical (unpaired) electrons. The molecule has 4 atom stereocenters. The Balaban J connectivity index is 1.70. The second kappa shape index (κ2) is 6.19. The summed E-state index contributed by atoms with van der Waals surface area (Å²) in [5, 5.41) is 12.1. The first kappa shape index (κ1) is 15.6. The number of aliphatic hydroxyl groups is 1. The third-order valence-electron chi connectivity index (χ3n) is 5.71. The molecule has 5 rings (SSSR count). The first-order chi connectivity index (χ1) is 11.7. The van der Waals surface area contributed by atoms with Crippen molar-refractivity contribution in [3.63, 3.8) is 0 Å². The number of aliphatic hydroxyl groups excluding tert-OH is 1. The van der Waals surface area contributed by atoms with E-state index >= 15 is 0 Å². The van der Waals surface area contributed by atoms with E-state index in [0.717, 1.165) is 41.7 Å². The minimum atomic E-state index is -0.496. The summed E-state index contributed by atoms with van der Waals surface area (Å²) in [6, 6.07) is 7.98. The fourth-order valence-electron chi connectivity index (χ4n) is 4.34. The van der Waals surface area contributed by atoms with E-state index in [4.69, 9.17) is 4.74 Å². The van der Waals surface area contributed by atoms with E-state index in [1.807, 2.05) is 24.3 Å². The van der Waals surface area contributed by atoms with Gasteiger partial charge in [-0.3, -0.25) is 9.88 Å². The second-order valence-electron chi connectivity index (χ2n) is 6.85. The monoisotopic (exact) mass is 324 g/mol. The smallest absolute Gasteiger partial charge is 0.119 e. The Morgan fingerprint density at radius 2 is 2.25 bits per heavy atom. The molecule has 0 saturated carbocycles. The molecule has 0 spiro atoms. The molecule has 126 valence electrons. The highest BCUT2D eigenvalue weighted by Crippen LogP contribution is 2.41. The van der Waals surface area contributed by atoms with Crippen molar-refractivity contribution in [2.45, 2.75) is 31.9 Å². The van der Waals surface area contributed by atoms with Gasteiger partial charge in [0.15, 0.2) is 0 Å². The van der Waals surface area contributed by atoms with Crippen LogP contribution in [0.2, 0.25) is 0 Å². The number of allylic oxidation sites excluding steroid dienone is 1. The largest absolute Gasteiger partial charge is 0.497 e. The van der Waals surface area contributed by atoms with Crippen LogP contribution in [0.5, 0.6) is 5.75 Å². The van der Waals surface area contributed by atoms with Crippen LogP contribution >= 0.6 is 0 Å². The number of fused-ring (bicyclic) bond motifs is 4. The molecule has 1 N–H and O–H groups in total. The van der Waals surface area contributed by atoms with E-state index < -0.39 is 6.10 Å². The van der Waals surface area contributed by atoms with Crippen LogP contribution in [0.1, 0.15) is 31.4 Å². The number of nitrogens with zero attached hydrogens (tertiary/aromatic N) is 2. The molecule has 4 heteroatoms. The predicted molar refractivity (Wildman–Crippen MR) is 95.1 cm³/mol. The number of piperidine rings is 3. The number of methoxy groups -OCH3 is 1. The zero-order valence-corrected chi connectivity index (χ0v) is 14.3.